The van der Waals surface area contributed by atoms with E-state index < -0.39 is 42.0 Å². The first-order chi connectivity index (χ1) is 11.7. The van der Waals surface area contributed by atoms with E-state index >= 15 is 0 Å². The first-order valence-corrected chi connectivity index (χ1v) is 9.10. The van der Waals surface area contributed by atoms with E-state index in [2.05, 4.69) is 35.9 Å². The quantitative estimate of drug-likeness (QED) is 0.270. The number of hydrogen-bond donors (Lipinski definition) is 6. The van der Waals surface area contributed by atoms with Crippen molar-refractivity contribution in [3.05, 3.63) is 0 Å². The largest absolute Gasteiger partial charge is 0.480 e. The zero-order valence-corrected chi connectivity index (χ0v) is 15.6. The molecule has 1 aliphatic rings. The average molecular weight is 393 g/mol. The molecule has 1 saturated heterocycles. The number of carbonyl (C=O) groups is 4. The van der Waals surface area contributed by atoms with Gasteiger partial charge >= 0.3 is 5.97 Å². The van der Waals surface area contributed by atoms with Crippen molar-refractivity contribution < 1.29 is 24.3 Å². The highest BCUT2D eigenvalue weighted by Gasteiger charge is 2.36. The Morgan fingerprint density at radius 3 is 2.40 bits per heavy atom. The molecule has 0 saturated carbocycles. The number of carbonyl (C=O) groups excluding carboxylic acids is 3. The fourth-order valence-electron chi connectivity index (χ4n) is 2.45. The van der Waals surface area contributed by atoms with Gasteiger partial charge in [0.25, 0.3) is 0 Å². The van der Waals surface area contributed by atoms with Gasteiger partial charge < -0.3 is 26.4 Å². The number of nitrogens with one attached hydrogen (secondary N) is 2. The smallest absolute Gasteiger partial charge is 0.327 e. The summed E-state index contributed by atoms with van der Waals surface area (Å²) in [6, 6.07) is -3.59. The van der Waals surface area contributed by atoms with E-state index in [1.165, 1.54) is 11.8 Å². The predicted molar refractivity (Wildman–Crippen MR) is 97.6 cm³/mol. The minimum atomic E-state index is -1.21. The normalized spacial score (nSPS) is 20.5. The molecule has 25 heavy (non-hydrogen) atoms. The van der Waals surface area contributed by atoms with Crippen molar-refractivity contribution in [2.24, 2.45) is 5.73 Å². The predicted octanol–water partition coefficient (Wildman–Crippen LogP) is -1.76. The lowest BCUT2D eigenvalue weighted by molar-refractivity contribution is -0.142. The van der Waals surface area contributed by atoms with E-state index in [-0.39, 0.29) is 17.4 Å². The lowest BCUT2D eigenvalue weighted by Gasteiger charge is -2.27. The number of thiol groups is 2. The maximum atomic E-state index is 12.4. The molecular weight excluding hydrogens is 368 g/mol. The summed E-state index contributed by atoms with van der Waals surface area (Å²) in [5, 5.41) is 13.7. The van der Waals surface area contributed by atoms with Gasteiger partial charge in [0.15, 0.2) is 0 Å². The summed E-state index contributed by atoms with van der Waals surface area (Å²) in [4.78, 5) is 48.9. The molecule has 1 heterocycles. The van der Waals surface area contributed by atoms with Crippen LogP contribution >= 0.6 is 25.3 Å². The molecule has 4 unspecified atom stereocenters. The minimum Gasteiger partial charge on any atom is -0.480 e. The molecule has 3 amide bonds. The Morgan fingerprint density at radius 1 is 1.24 bits per heavy atom. The van der Waals surface area contributed by atoms with Gasteiger partial charge in [-0.15, -0.1) is 0 Å². The standard InChI is InChI=1S/C14H24N4O5S2/c1-7(11(19)17-9(6-25)14(22)23)16-12(20)10-3-2-4-18(10)13(21)8(15)5-24/h7-10,24-25H,2-6,15H2,1H3,(H,16,20)(H,17,19)(H,22,23). The monoisotopic (exact) mass is 392 g/mol. The number of rotatable bonds is 8. The van der Waals surface area contributed by atoms with E-state index in [4.69, 9.17) is 10.8 Å². The number of carboxylic acid groups (broad SMARTS) is 1. The molecule has 5 N–H and O–H groups in total. The molecule has 0 aliphatic carbocycles. The van der Waals surface area contributed by atoms with Gasteiger partial charge in [-0.2, -0.15) is 25.3 Å². The summed E-state index contributed by atoms with van der Waals surface area (Å²) in [6.07, 6.45) is 1.13. The molecule has 4 atom stereocenters. The Morgan fingerprint density at radius 2 is 1.88 bits per heavy atom. The third-order valence-electron chi connectivity index (χ3n) is 3.90. The molecule has 142 valence electrons. The van der Waals surface area contributed by atoms with Crippen LogP contribution < -0.4 is 16.4 Å². The Balaban J connectivity index is 2.66. The molecule has 1 aliphatic heterocycles. The van der Waals surface area contributed by atoms with Crippen molar-refractivity contribution in [3.8, 4) is 0 Å². The molecule has 9 nitrogen and oxygen atoms in total. The molecule has 1 fully saturated rings. The van der Waals surface area contributed by atoms with Gasteiger partial charge in [0, 0.05) is 18.1 Å². The Bertz CT molecular complexity index is 533. The van der Waals surface area contributed by atoms with Gasteiger partial charge in [0.2, 0.25) is 17.7 Å². The summed E-state index contributed by atoms with van der Waals surface area (Å²) in [7, 11) is 0. The van der Waals surface area contributed by atoms with Gasteiger partial charge in [0.05, 0.1) is 6.04 Å². The van der Waals surface area contributed by atoms with Crippen LogP contribution in [0.4, 0.5) is 0 Å². The highest BCUT2D eigenvalue weighted by Crippen LogP contribution is 2.18. The second-order valence-corrected chi connectivity index (χ2v) is 6.52. The Kier molecular flexibility index (Phi) is 8.53. The first kappa shape index (κ1) is 21.6. The van der Waals surface area contributed by atoms with Gasteiger partial charge in [0.1, 0.15) is 18.1 Å². The third kappa shape index (κ3) is 5.79. The molecule has 0 radical (unpaired) electrons. The average Bonchev–Trinajstić information content (AvgIpc) is 3.07. The second-order valence-electron chi connectivity index (χ2n) is 5.79. The number of likely N-dealkylation sites (tertiary alicyclic amines) is 1. The lowest BCUT2D eigenvalue weighted by Crippen LogP contribution is -2.56. The molecule has 0 aromatic heterocycles. The van der Waals surface area contributed by atoms with E-state index in [0.717, 1.165) is 0 Å². The topological polar surface area (TPSA) is 142 Å². The van der Waals surface area contributed by atoms with E-state index in [9.17, 15) is 19.2 Å². The van der Waals surface area contributed by atoms with Crippen LogP contribution in [-0.4, -0.2) is 75.9 Å². The van der Waals surface area contributed by atoms with Crippen molar-refractivity contribution in [3.63, 3.8) is 0 Å². The summed E-state index contributed by atoms with van der Waals surface area (Å²) in [5.41, 5.74) is 5.68. The number of hydrogen-bond acceptors (Lipinski definition) is 7. The van der Waals surface area contributed by atoms with Crippen LogP contribution in [0.1, 0.15) is 19.8 Å². The van der Waals surface area contributed by atoms with Crippen LogP contribution in [0, 0.1) is 0 Å². The Hall–Kier alpha value is -1.46. The van der Waals surface area contributed by atoms with Crippen LogP contribution in [0.2, 0.25) is 0 Å². The maximum absolute atomic E-state index is 12.4. The van der Waals surface area contributed by atoms with Crippen molar-refractivity contribution in [1.29, 1.82) is 0 Å². The van der Waals surface area contributed by atoms with Gasteiger partial charge in [-0.3, -0.25) is 14.4 Å². The second kappa shape index (κ2) is 9.88. The number of carboxylic acids is 1. The number of nitrogens with two attached hydrogens (primary N) is 1. The fourth-order valence-corrected chi connectivity index (χ4v) is 2.86. The fraction of sp³-hybridized carbons (Fsp3) is 0.714. The van der Waals surface area contributed by atoms with E-state index in [1.807, 2.05) is 0 Å². The number of amides is 3. The summed E-state index contributed by atoms with van der Waals surface area (Å²) < 4.78 is 0. The SMILES string of the molecule is CC(NC(=O)C1CCCN1C(=O)C(N)CS)C(=O)NC(CS)C(=O)O. The number of nitrogens with zero attached hydrogens (tertiary/aromatic N) is 1. The summed E-state index contributed by atoms with van der Waals surface area (Å²) in [5.74, 6) is -2.59. The highest BCUT2D eigenvalue weighted by atomic mass is 32.1. The van der Waals surface area contributed by atoms with Crippen LogP contribution in [0.5, 0.6) is 0 Å². The molecular formula is C14H24N4O5S2. The molecule has 0 aromatic rings. The zero-order chi connectivity index (χ0) is 19.1. The van der Waals surface area contributed by atoms with Gasteiger partial charge in [-0.25, -0.2) is 4.79 Å². The van der Waals surface area contributed by atoms with Crippen molar-refractivity contribution in [1.82, 2.24) is 15.5 Å². The van der Waals surface area contributed by atoms with Crippen LogP contribution in [0.3, 0.4) is 0 Å². The highest BCUT2D eigenvalue weighted by molar-refractivity contribution is 7.80. The maximum Gasteiger partial charge on any atom is 0.327 e. The first-order valence-electron chi connectivity index (χ1n) is 7.84. The molecule has 11 heteroatoms. The Labute approximate surface area is 156 Å². The van der Waals surface area contributed by atoms with Gasteiger partial charge in [-0.1, -0.05) is 0 Å². The lowest BCUT2D eigenvalue weighted by atomic mass is 10.1. The van der Waals surface area contributed by atoms with Crippen LogP contribution in [-0.2, 0) is 19.2 Å². The number of aliphatic carboxylic acids is 1. The van der Waals surface area contributed by atoms with Crippen LogP contribution in [0.15, 0.2) is 0 Å². The molecule has 1 rings (SSSR count). The van der Waals surface area contributed by atoms with Crippen LogP contribution in [0.25, 0.3) is 0 Å². The minimum absolute atomic E-state index is 0.0751. The van der Waals surface area contributed by atoms with E-state index in [0.29, 0.717) is 19.4 Å². The molecule has 0 spiro atoms. The van der Waals surface area contributed by atoms with E-state index in [1.54, 1.807) is 0 Å². The van der Waals surface area contributed by atoms with Crippen molar-refractivity contribution >= 4 is 48.9 Å². The third-order valence-corrected chi connectivity index (χ3v) is 4.66. The molecule has 0 bridgehead atoms. The zero-order valence-electron chi connectivity index (χ0n) is 13.8. The summed E-state index contributed by atoms with van der Waals surface area (Å²) in [6.45, 7) is 1.85. The van der Waals surface area contributed by atoms with Gasteiger partial charge in [-0.05, 0) is 19.8 Å². The van der Waals surface area contributed by atoms with Crippen molar-refractivity contribution in [2.45, 2.75) is 43.9 Å². The molecule has 0 aromatic carbocycles. The summed E-state index contributed by atoms with van der Waals surface area (Å²) >= 11 is 7.85. The van der Waals surface area contributed by atoms with Crippen molar-refractivity contribution in [2.75, 3.05) is 18.1 Å².